The highest BCUT2D eigenvalue weighted by atomic mass is 16.7. The third-order valence-corrected chi connectivity index (χ3v) is 5.49. The zero-order chi connectivity index (χ0) is 17.8. The average molecular weight is 346 g/mol. The number of carboxylic acid groups (broad SMARTS) is 1. The summed E-state index contributed by atoms with van der Waals surface area (Å²) in [5.41, 5.74) is -0.164. The number of fused-ring (bicyclic) bond motifs is 2. The molecule has 4 rings (SSSR count). The molecule has 0 bridgehead atoms. The number of urea groups is 1. The summed E-state index contributed by atoms with van der Waals surface area (Å²) in [6.45, 7) is 4.41. The molecule has 1 saturated heterocycles. The summed E-state index contributed by atoms with van der Waals surface area (Å²) >= 11 is 0. The number of carboxylic acids is 1. The monoisotopic (exact) mass is 346 g/mol. The molecule has 7 heteroatoms. The second kappa shape index (κ2) is 5.28. The van der Waals surface area contributed by atoms with E-state index in [9.17, 15) is 14.7 Å². The molecule has 2 aliphatic heterocycles. The van der Waals surface area contributed by atoms with Crippen molar-refractivity contribution >= 4 is 17.7 Å². The third kappa shape index (κ3) is 2.58. The van der Waals surface area contributed by atoms with Crippen molar-refractivity contribution in [1.29, 1.82) is 0 Å². The summed E-state index contributed by atoms with van der Waals surface area (Å²) in [6, 6.07) is 4.97. The van der Waals surface area contributed by atoms with Crippen LogP contribution in [0.2, 0.25) is 0 Å². The van der Waals surface area contributed by atoms with E-state index in [2.05, 4.69) is 5.32 Å². The Kier molecular flexibility index (Phi) is 3.39. The van der Waals surface area contributed by atoms with Crippen LogP contribution in [0.4, 0.5) is 10.5 Å². The van der Waals surface area contributed by atoms with Crippen molar-refractivity contribution < 1.29 is 24.2 Å². The van der Waals surface area contributed by atoms with Gasteiger partial charge in [0.15, 0.2) is 11.5 Å². The maximum atomic E-state index is 12.6. The molecular weight excluding hydrogens is 324 g/mol. The lowest BCUT2D eigenvalue weighted by molar-refractivity contribution is -0.149. The van der Waals surface area contributed by atoms with Crippen molar-refractivity contribution in [3.05, 3.63) is 18.2 Å². The summed E-state index contributed by atoms with van der Waals surface area (Å²) < 4.78 is 11.3. The molecule has 134 valence electrons. The van der Waals surface area contributed by atoms with Crippen LogP contribution >= 0.6 is 0 Å². The Hall–Kier alpha value is -2.44. The number of nitrogens with zero attached hydrogens (tertiary/aromatic N) is 1. The maximum absolute atomic E-state index is 12.6. The van der Waals surface area contributed by atoms with Crippen LogP contribution in [0.3, 0.4) is 0 Å². The number of ether oxygens (including phenoxy) is 2. The number of rotatable bonds is 2. The number of nitrogens with one attached hydrogen (secondary N) is 1. The zero-order valence-electron chi connectivity index (χ0n) is 14.4. The van der Waals surface area contributed by atoms with Crippen LogP contribution in [0.15, 0.2) is 18.2 Å². The molecule has 0 radical (unpaired) electrons. The number of carbonyl (C=O) groups is 2. The molecular formula is C18H22N2O5. The van der Waals surface area contributed by atoms with Crippen LogP contribution in [-0.4, -0.2) is 40.9 Å². The Bertz CT molecular complexity index is 747. The van der Waals surface area contributed by atoms with E-state index in [0.717, 1.165) is 12.8 Å². The molecule has 3 aliphatic rings. The van der Waals surface area contributed by atoms with Gasteiger partial charge in [0.2, 0.25) is 5.79 Å². The molecule has 1 aromatic rings. The van der Waals surface area contributed by atoms with Crippen molar-refractivity contribution in [3.8, 4) is 11.5 Å². The number of likely N-dealkylation sites (tertiary alicyclic amines) is 1. The molecule has 0 unspecified atom stereocenters. The highest BCUT2D eigenvalue weighted by Crippen LogP contribution is 2.49. The Labute approximate surface area is 145 Å². The summed E-state index contributed by atoms with van der Waals surface area (Å²) in [5, 5.41) is 12.5. The van der Waals surface area contributed by atoms with Gasteiger partial charge in [-0.2, -0.15) is 0 Å². The van der Waals surface area contributed by atoms with Gasteiger partial charge in [-0.1, -0.05) is 6.42 Å². The number of amides is 2. The van der Waals surface area contributed by atoms with Gasteiger partial charge in [0.1, 0.15) is 0 Å². The predicted octanol–water partition coefficient (Wildman–Crippen LogP) is 2.91. The van der Waals surface area contributed by atoms with Gasteiger partial charge in [0.05, 0.1) is 5.41 Å². The number of anilines is 1. The number of benzene rings is 1. The smallest absolute Gasteiger partial charge is 0.321 e. The fourth-order valence-corrected chi connectivity index (χ4v) is 4.30. The van der Waals surface area contributed by atoms with Gasteiger partial charge in [0.25, 0.3) is 0 Å². The van der Waals surface area contributed by atoms with Gasteiger partial charge in [-0.05, 0) is 30.9 Å². The number of hydrogen-bond acceptors (Lipinski definition) is 4. The first-order valence-electron chi connectivity index (χ1n) is 8.60. The molecule has 7 nitrogen and oxygen atoms in total. The van der Waals surface area contributed by atoms with Gasteiger partial charge in [-0.3, -0.25) is 4.79 Å². The first kappa shape index (κ1) is 16.1. The highest BCUT2D eigenvalue weighted by Gasteiger charge is 2.55. The van der Waals surface area contributed by atoms with E-state index in [1.807, 2.05) is 13.8 Å². The van der Waals surface area contributed by atoms with E-state index in [1.54, 1.807) is 23.1 Å². The molecule has 1 saturated carbocycles. The average Bonchev–Trinajstić information content (AvgIpc) is 3.15. The maximum Gasteiger partial charge on any atom is 0.321 e. The third-order valence-electron chi connectivity index (χ3n) is 5.49. The Morgan fingerprint density at radius 2 is 2.04 bits per heavy atom. The minimum Gasteiger partial charge on any atom is -0.481 e. The largest absolute Gasteiger partial charge is 0.481 e. The van der Waals surface area contributed by atoms with Crippen LogP contribution in [0, 0.1) is 11.3 Å². The molecule has 0 aromatic heterocycles. The van der Waals surface area contributed by atoms with Crippen LogP contribution in [0.25, 0.3) is 0 Å². The van der Waals surface area contributed by atoms with Crippen LogP contribution in [0.1, 0.15) is 33.1 Å². The second-order valence-electron chi connectivity index (χ2n) is 7.63. The van der Waals surface area contributed by atoms with Crippen LogP contribution in [0.5, 0.6) is 11.5 Å². The summed E-state index contributed by atoms with van der Waals surface area (Å²) in [7, 11) is 0. The van der Waals surface area contributed by atoms with Crippen molar-refractivity contribution in [2.45, 2.75) is 38.9 Å². The van der Waals surface area contributed by atoms with Crippen LogP contribution in [-0.2, 0) is 4.79 Å². The van der Waals surface area contributed by atoms with E-state index in [0.29, 0.717) is 30.2 Å². The molecule has 2 atom stereocenters. The quantitative estimate of drug-likeness (QED) is 0.860. The summed E-state index contributed by atoms with van der Waals surface area (Å²) in [6.07, 6.45) is 2.44. The SMILES string of the molecule is CC1(C)Oc2ccc(NC(=O)N3C[C@@H]4CCC[C@@]4(C(=O)O)C3)cc2O1. The molecule has 2 amide bonds. The minimum atomic E-state index is -0.782. The van der Waals surface area contributed by atoms with E-state index in [1.165, 1.54) is 0 Å². The van der Waals surface area contributed by atoms with Crippen LogP contribution < -0.4 is 14.8 Å². The Morgan fingerprint density at radius 3 is 2.76 bits per heavy atom. The van der Waals surface area contributed by atoms with Gasteiger partial charge < -0.3 is 24.8 Å². The van der Waals surface area contributed by atoms with Crippen molar-refractivity contribution in [2.24, 2.45) is 11.3 Å². The summed E-state index contributed by atoms with van der Waals surface area (Å²) in [4.78, 5) is 25.9. The molecule has 1 aliphatic carbocycles. The molecule has 0 spiro atoms. The predicted molar refractivity (Wildman–Crippen MR) is 89.8 cm³/mol. The number of hydrogen-bond donors (Lipinski definition) is 2. The van der Waals surface area contributed by atoms with E-state index >= 15 is 0 Å². The van der Waals surface area contributed by atoms with Gasteiger partial charge in [0, 0.05) is 38.7 Å². The van der Waals surface area contributed by atoms with E-state index in [-0.39, 0.29) is 18.5 Å². The minimum absolute atomic E-state index is 0.0494. The van der Waals surface area contributed by atoms with E-state index in [4.69, 9.17) is 9.47 Å². The summed E-state index contributed by atoms with van der Waals surface area (Å²) in [5.74, 6) is -0.221. The van der Waals surface area contributed by atoms with Crippen molar-refractivity contribution in [3.63, 3.8) is 0 Å². The van der Waals surface area contributed by atoms with Gasteiger partial charge >= 0.3 is 12.0 Å². The first-order chi connectivity index (χ1) is 11.8. The van der Waals surface area contributed by atoms with Crippen molar-refractivity contribution in [2.75, 3.05) is 18.4 Å². The fraction of sp³-hybridized carbons (Fsp3) is 0.556. The molecule has 2 fully saturated rings. The molecule has 25 heavy (non-hydrogen) atoms. The topological polar surface area (TPSA) is 88.1 Å². The standard InChI is InChI=1S/C18H22N2O5/c1-17(2)24-13-6-5-12(8-14(13)25-17)19-16(23)20-9-11-4-3-7-18(11,10-20)15(21)22/h5-6,8,11H,3-4,7,9-10H2,1-2H3,(H,19,23)(H,21,22)/t11-,18+/m0/s1. The molecule has 2 heterocycles. The Morgan fingerprint density at radius 1 is 1.28 bits per heavy atom. The lowest BCUT2D eigenvalue weighted by atomic mass is 9.81. The van der Waals surface area contributed by atoms with Gasteiger partial charge in [-0.25, -0.2) is 4.79 Å². The number of aliphatic carboxylic acids is 1. The molecule has 2 N–H and O–H groups in total. The lowest BCUT2D eigenvalue weighted by Gasteiger charge is -2.23. The zero-order valence-corrected chi connectivity index (χ0v) is 14.4. The van der Waals surface area contributed by atoms with E-state index < -0.39 is 17.2 Å². The number of carbonyl (C=O) groups excluding carboxylic acids is 1. The second-order valence-corrected chi connectivity index (χ2v) is 7.63. The highest BCUT2D eigenvalue weighted by molar-refractivity contribution is 5.91. The Balaban J connectivity index is 1.46. The fourth-order valence-electron chi connectivity index (χ4n) is 4.30. The van der Waals surface area contributed by atoms with Gasteiger partial charge in [-0.15, -0.1) is 0 Å². The first-order valence-corrected chi connectivity index (χ1v) is 8.60. The molecule has 1 aromatic carbocycles. The normalized spacial score (nSPS) is 28.7. The lowest BCUT2D eigenvalue weighted by Crippen LogP contribution is -2.38. The van der Waals surface area contributed by atoms with Crippen molar-refractivity contribution in [1.82, 2.24) is 4.90 Å².